The van der Waals surface area contributed by atoms with Gasteiger partial charge in [0.15, 0.2) is 17.9 Å². The summed E-state index contributed by atoms with van der Waals surface area (Å²) in [7, 11) is 0. The topological polar surface area (TPSA) is 80.4 Å². The molecule has 3 N–H and O–H groups in total. The van der Waals surface area contributed by atoms with Gasteiger partial charge in [-0.25, -0.2) is 4.39 Å². The largest absolute Gasteiger partial charge is 0.504 e. The lowest BCUT2D eigenvalue weighted by atomic mass is 10.1. The van der Waals surface area contributed by atoms with Crippen LogP contribution in [0.25, 0.3) is 0 Å². The summed E-state index contributed by atoms with van der Waals surface area (Å²) in [6.07, 6.45) is 0.241. The number of amides is 1. The first kappa shape index (κ1) is 9.18. The number of nitrogens with two attached hydrogens (primary N) is 1. The summed E-state index contributed by atoms with van der Waals surface area (Å²) in [6, 6.07) is 1.79. The first-order valence-corrected chi connectivity index (χ1v) is 3.33. The third kappa shape index (κ3) is 1.64. The van der Waals surface area contributed by atoms with Gasteiger partial charge < -0.3 is 10.8 Å². The fraction of sp³-hybridized carbons (Fsp3) is 0. The van der Waals surface area contributed by atoms with Crippen molar-refractivity contribution in [3.8, 4) is 5.75 Å². The first-order valence-electron chi connectivity index (χ1n) is 3.33. The highest BCUT2D eigenvalue weighted by Crippen LogP contribution is 2.21. The van der Waals surface area contributed by atoms with Crippen molar-refractivity contribution in [2.75, 3.05) is 0 Å². The van der Waals surface area contributed by atoms with Crippen molar-refractivity contribution in [2.24, 2.45) is 5.73 Å². The van der Waals surface area contributed by atoms with Crippen molar-refractivity contribution < 1.29 is 19.1 Å². The summed E-state index contributed by atoms with van der Waals surface area (Å²) in [5.74, 6) is -2.68. The third-order valence-electron chi connectivity index (χ3n) is 1.50. The monoisotopic (exact) mass is 183 g/mol. The minimum Gasteiger partial charge on any atom is -0.504 e. The maximum absolute atomic E-state index is 12.8. The molecule has 0 saturated carbocycles. The lowest BCUT2D eigenvalue weighted by Gasteiger charge is -2.01. The Bertz CT molecular complexity index is 376. The van der Waals surface area contributed by atoms with E-state index in [4.69, 9.17) is 10.8 Å². The standard InChI is InChI=1S/C8H6FNO3/c9-6-2-4(8(10)13)1-5(3-11)7(6)12/h1-3,12H,(H2,10,13). The molecule has 0 aliphatic rings. The number of hydrogen-bond donors (Lipinski definition) is 2. The Labute approximate surface area is 72.8 Å². The number of aldehydes is 1. The summed E-state index contributed by atoms with van der Waals surface area (Å²) in [6.45, 7) is 0. The van der Waals surface area contributed by atoms with Gasteiger partial charge in [0, 0.05) is 5.56 Å². The van der Waals surface area contributed by atoms with Crippen molar-refractivity contribution >= 4 is 12.2 Å². The average Bonchev–Trinajstić information content (AvgIpc) is 2.09. The molecule has 0 spiro atoms. The Hall–Kier alpha value is -1.91. The lowest BCUT2D eigenvalue weighted by Crippen LogP contribution is -2.11. The van der Waals surface area contributed by atoms with Crippen LogP contribution in [0.3, 0.4) is 0 Å². The van der Waals surface area contributed by atoms with Crippen LogP contribution in [0.2, 0.25) is 0 Å². The van der Waals surface area contributed by atoms with Crippen LogP contribution in [0.1, 0.15) is 20.7 Å². The number of carbonyl (C=O) groups excluding carboxylic acids is 2. The highest BCUT2D eigenvalue weighted by molar-refractivity contribution is 5.95. The zero-order valence-electron chi connectivity index (χ0n) is 6.45. The van der Waals surface area contributed by atoms with Gasteiger partial charge in [-0.05, 0) is 12.1 Å². The number of rotatable bonds is 2. The lowest BCUT2D eigenvalue weighted by molar-refractivity contribution is 0.1000. The molecule has 5 heteroatoms. The molecule has 0 bridgehead atoms. The van der Waals surface area contributed by atoms with E-state index in [0.717, 1.165) is 12.1 Å². The average molecular weight is 183 g/mol. The van der Waals surface area contributed by atoms with Crippen molar-refractivity contribution in [1.82, 2.24) is 0 Å². The SMILES string of the molecule is NC(=O)c1cc(F)c(O)c(C=O)c1. The Kier molecular flexibility index (Phi) is 2.27. The predicted molar refractivity (Wildman–Crippen MR) is 42.0 cm³/mol. The van der Waals surface area contributed by atoms with E-state index in [1.54, 1.807) is 0 Å². The molecule has 0 saturated heterocycles. The molecule has 13 heavy (non-hydrogen) atoms. The molecule has 1 rings (SSSR count). The van der Waals surface area contributed by atoms with Gasteiger partial charge >= 0.3 is 0 Å². The normalized spacial score (nSPS) is 9.62. The predicted octanol–water partition coefficient (Wildman–Crippen LogP) is 0.443. The molecular weight excluding hydrogens is 177 g/mol. The van der Waals surface area contributed by atoms with E-state index in [9.17, 15) is 14.0 Å². The Balaban J connectivity index is 3.38. The highest BCUT2D eigenvalue weighted by Gasteiger charge is 2.11. The van der Waals surface area contributed by atoms with E-state index in [-0.39, 0.29) is 17.4 Å². The number of carbonyl (C=O) groups is 2. The first-order chi connectivity index (χ1) is 6.06. The number of halogens is 1. The summed E-state index contributed by atoms with van der Waals surface area (Å²) in [4.78, 5) is 20.9. The van der Waals surface area contributed by atoms with Crippen LogP contribution in [0.4, 0.5) is 4.39 Å². The number of hydrogen-bond acceptors (Lipinski definition) is 3. The molecule has 1 aromatic carbocycles. The van der Waals surface area contributed by atoms with E-state index < -0.39 is 17.5 Å². The Morgan fingerprint density at radius 3 is 2.62 bits per heavy atom. The van der Waals surface area contributed by atoms with Crippen LogP contribution in [-0.2, 0) is 0 Å². The van der Waals surface area contributed by atoms with Crippen LogP contribution in [0.5, 0.6) is 5.75 Å². The second-order valence-corrected chi connectivity index (χ2v) is 2.38. The molecule has 1 aromatic rings. The summed E-state index contributed by atoms with van der Waals surface area (Å²) < 4.78 is 12.8. The molecule has 68 valence electrons. The molecule has 0 heterocycles. The van der Waals surface area contributed by atoms with Gasteiger partial charge in [0.2, 0.25) is 5.91 Å². The van der Waals surface area contributed by atoms with Crippen molar-refractivity contribution in [1.29, 1.82) is 0 Å². The van der Waals surface area contributed by atoms with Crippen molar-refractivity contribution in [3.63, 3.8) is 0 Å². The number of aromatic hydroxyl groups is 1. The zero-order valence-corrected chi connectivity index (χ0v) is 6.45. The maximum atomic E-state index is 12.8. The van der Waals surface area contributed by atoms with Crippen LogP contribution in [0.15, 0.2) is 12.1 Å². The van der Waals surface area contributed by atoms with Crippen molar-refractivity contribution in [3.05, 3.63) is 29.1 Å². The van der Waals surface area contributed by atoms with Gasteiger partial charge in [0.05, 0.1) is 5.56 Å². The molecule has 4 nitrogen and oxygen atoms in total. The van der Waals surface area contributed by atoms with Gasteiger partial charge in [-0.3, -0.25) is 9.59 Å². The molecule has 1 amide bonds. The molecule has 0 aliphatic carbocycles. The minimum absolute atomic E-state index is 0.155. The minimum atomic E-state index is -1.04. The molecule has 0 atom stereocenters. The van der Waals surface area contributed by atoms with E-state index in [1.807, 2.05) is 0 Å². The number of phenolic OH excluding ortho intramolecular Hbond substituents is 1. The smallest absolute Gasteiger partial charge is 0.248 e. The van der Waals surface area contributed by atoms with Crippen LogP contribution in [0, 0.1) is 5.82 Å². The molecule has 0 radical (unpaired) electrons. The van der Waals surface area contributed by atoms with Gasteiger partial charge in [-0.15, -0.1) is 0 Å². The number of phenols is 1. The molecular formula is C8H6FNO3. The Morgan fingerprint density at radius 2 is 2.15 bits per heavy atom. The second kappa shape index (κ2) is 3.22. The Morgan fingerprint density at radius 1 is 1.54 bits per heavy atom. The molecule has 0 aliphatic heterocycles. The summed E-state index contributed by atoms with van der Waals surface area (Å²) >= 11 is 0. The quantitative estimate of drug-likeness (QED) is 0.653. The number of primary amides is 1. The molecule has 0 aromatic heterocycles. The fourth-order valence-corrected chi connectivity index (χ4v) is 0.852. The van der Waals surface area contributed by atoms with E-state index in [1.165, 1.54) is 0 Å². The second-order valence-electron chi connectivity index (χ2n) is 2.38. The van der Waals surface area contributed by atoms with E-state index >= 15 is 0 Å². The summed E-state index contributed by atoms with van der Waals surface area (Å²) in [5.41, 5.74) is 4.40. The highest BCUT2D eigenvalue weighted by atomic mass is 19.1. The van der Waals surface area contributed by atoms with Gasteiger partial charge in [0.1, 0.15) is 0 Å². The molecule has 0 fully saturated rings. The van der Waals surface area contributed by atoms with Crippen LogP contribution >= 0.6 is 0 Å². The summed E-state index contributed by atoms with van der Waals surface area (Å²) in [5, 5.41) is 8.95. The zero-order chi connectivity index (χ0) is 10.0. The van der Waals surface area contributed by atoms with Crippen LogP contribution < -0.4 is 5.73 Å². The fourth-order valence-electron chi connectivity index (χ4n) is 0.852. The van der Waals surface area contributed by atoms with Crippen LogP contribution in [-0.4, -0.2) is 17.3 Å². The van der Waals surface area contributed by atoms with Gasteiger partial charge in [-0.2, -0.15) is 0 Å². The van der Waals surface area contributed by atoms with Gasteiger partial charge in [-0.1, -0.05) is 0 Å². The van der Waals surface area contributed by atoms with Gasteiger partial charge in [0.25, 0.3) is 0 Å². The van der Waals surface area contributed by atoms with Crippen molar-refractivity contribution in [2.45, 2.75) is 0 Å². The maximum Gasteiger partial charge on any atom is 0.248 e. The van der Waals surface area contributed by atoms with E-state index in [2.05, 4.69) is 0 Å². The number of benzene rings is 1. The third-order valence-corrected chi connectivity index (χ3v) is 1.50. The molecule has 0 unspecified atom stereocenters. The van der Waals surface area contributed by atoms with E-state index in [0.29, 0.717) is 0 Å².